The van der Waals surface area contributed by atoms with Crippen LogP contribution in [0.5, 0.6) is 5.75 Å². The van der Waals surface area contributed by atoms with Crippen LogP contribution in [-0.4, -0.2) is 23.0 Å². The molecule has 4 heteroatoms. The number of ketones is 1. The van der Waals surface area contributed by atoms with Crippen molar-refractivity contribution in [2.24, 2.45) is 0 Å². The van der Waals surface area contributed by atoms with E-state index < -0.39 is 11.7 Å². The zero-order valence-corrected chi connectivity index (χ0v) is 20.8. The molecule has 3 aromatic carbocycles. The third-order valence-electron chi connectivity index (χ3n) is 6.49. The van der Waals surface area contributed by atoms with E-state index in [-0.39, 0.29) is 5.78 Å². The second-order valence-electron chi connectivity index (χ2n) is 10.3. The Balaban J connectivity index is 1.92. The van der Waals surface area contributed by atoms with Crippen LogP contribution in [0.25, 0.3) is 32.8 Å². The van der Waals surface area contributed by atoms with Crippen molar-refractivity contribution >= 4 is 27.5 Å². The summed E-state index contributed by atoms with van der Waals surface area (Å²) in [6, 6.07) is 14.9. The topological polar surface area (TPSA) is 48.4 Å². The van der Waals surface area contributed by atoms with Gasteiger partial charge in [0.25, 0.3) is 0 Å². The van der Waals surface area contributed by atoms with Gasteiger partial charge < -0.3 is 9.47 Å². The van der Waals surface area contributed by atoms with Crippen molar-refractivity contribution in [3.63, 3.8) is 0 Å². The lowest BCUT2D eigenvalue weighted by atomic mass is 9.84. The lowest BCUT2D eigenvalue weighted by Gasteiger charge is -2.30. The zero-order valence-electron chi connectivity index (χ0n) is 20.8. The van der Waals surface area contributed by atoms with Gasteiger partial charge in [-0.2, -0.15) is 0 Å². The third-order valence-corrected chi connectivity index (χ3v) is 6.49. The Labute approximate surface area is 200 Å². The molecule has 34 heavy (non-hydrogen) atoms. The Kier molecular flexibility index (Phi) is 5.44. The van der Waals surface area contributed by atoms with Crippen molar-refractivity contribution in [3.05, 3.63) is 70.9 Å². The molecule has 0 aliphatic carbocycles. The smallest absolute Gasteiger partial charge is 0.163 e. The maximum atomic E-state index is 13.0. The molecule has 174 valence electrons. The fourth-order valence-electron chi connectivity index (χ4n) is 5.10. The van der Waals surface area contributed by atoms with Gasteiger partial charge in [0.2, 0.25) is 0 Å². The normalized spacial score (nSPS) is 14.3. The van der Waals surface area contributed by atoms with Crippen LogP contribution >= 0.6 is 0 Å². The number of hydrogen-bond donors (Lipinski definition) is 0. The molecule has 0 fully saturated rings. The fraction of sp³-hybridized carbons (Fsp3) is 0.333. The summed E-state index contributed by atoms with van der Waals surface area (Å²) in [6.07, 6.45) is 2.06. The predicted molar refractivity (Wildman–Crippen MR) is 138 cm³/mol. The van der Waals surface area contributed by atoms with Crippen molar-refractivity contribution < 1.29 is 14.3 Å². The number of aromatic nitrogens is 1. The predicted octanol–water partition coefficient (Wildman–Crippen LogP) is 7.05. The standard InChI is InChI=1S/C30H31NO3/c1-17-7-8-21-16-18(2)25(29(19(3)32)34-30(4,5)6)27(23(21)15-17)22-9-10-24-26-20(12-14-33-24)11-13-31-28(22)26/h7-11,13,15-16,29H,12,14H2,1-6H3/t29-/m1/s1. The van der Waals surface area contributed by atoms with E-state index in [0.29, 0.717) is 6.61 Å². The molecule has 0 amide bonds. The molecular weight excluding hydrogens is 422 g/mol. The minimum atomic E-state index is -0.679. The number of fused-ring (bicyclic) bond motifs is 1. The van der Waals surface area contributed by atoms with Crippen LogP contribution in [0.3, 0.4) is 0 Å². The molecule has 4 aromatic rings. The zero-order chi connectivity index (χ0) is 24.2. The summed E-state index contributed by atoms with van der Waals surface area (Å²) >= 11 is 0. The number of rotatable bonds is 4. The van der Waals surface area contributed by atoms with Gasteiger partial charge in [0.1, 0.15) is 11.9 Å². The number of carbonyl (C=O) groups excluding carboxylic acids is 1. The lowest BCUT2D eigenvalue weighted by molar-refractivity contribution is -0.138. The minimum absolute atomic E-state index is 0.00898. The molecule has 0 spiro atoms. The largest absolute Gasteiger partial charge is 0.493 e. The van der Waals surface area contributed by atoms with Gasteiger partial charge in [0, 0.05) is 23.6 Å². The van der Waals surface area contributed by atoms with E-state index in [1.54, 1.807) is 6.92 Å². The van der Waals surface area contributed by atoms with Crippen LogP contribution < -0.4 is 4.74 Å². The number of hydrogen-bond acceptors (Lipinski definition) is 4. The summed E-state index contributed by atoms with van der Waals surface area (Å²) in [6.45, 7) is 12.4. The third kappa shape index (κ3) is 3.86. The number of ether oxygens (including phenoxy) is 2. The first-order valence-electron chi connectivity index (χ1n) is 11.9. The van der Waals surface area contributed by atoms with Crippen molar-refractivity contribution in [1.29, 1.82) is 0 Å². The quantitative estimate of drug-likeness (QED) is 0.332. The molecule has 0 saturated heterocycles. The van der Waals surface area contributed by atoms with E-state index in [4.69, 9.17) is 14.5 Å². The van der Waals surface area contributed by atoms with Crippen LogP contribution in [0.15, 0.2) is 48.7 Å². The second kappa shape index (κ2) is 8.21. The first-order valence-corrected chi connectivity index (χ1v) is 11.9. The second-order valence-corrected chi connectivity index (χ2v) is 10.3. The number of Topliss-reactive ketones (excluding diaryl/α,β-unsaturated/α-hetero) is 1. The Morgan fingerprint density at radius 3 is 2.62 bits per heavy atom. The maximum absolute atomic E-state index is 13.0. The first-order chi connectivity index (χ1) is 16.1. The van der Waals surface area contributed by atoms with Crippen LogP contribution in [0.2, 0.25) is 0 Å². The molecule has 1 atom stereocenters. The molecule has 1 aliphatic rings. The molecule has 0 bridgehead atoms. The number of nitrogens with zero attached hydrogens (tertiary/aromatic N) is 1. The summed E-state index contributed by atoms with van der Waals surface area (Å²) in [7, 11) is 0. The van der Waals surface area contributed by atoms with Crippen molar-refractivity contribution in [1.82, 2.24) is 4.98 Å². The Morgan fingerprint density at radius 2 is 1.88 bits per heavy atom. The highest BCUT2D eigenvalue weighted by Gasteiger charge is 2.30. The van der Waals surface area contributed by atoms with E-state index in [9.17, 15) is 4.79 Å². The highest BCUT2D eigenvalue weighted by atomic mass is 16.5. The van der Waals surface area contributed by atoms with Gasteiger partial charge in [0.05, 0.1) is 17.7 Å². The maximum Gasteiger partial charge on any atom is 0.163 e. The summed E-state index contributed by atoms with van der Waals surface area (Å²) in [5, 5.41) is 3.30. The van der Waals surface area contributed by atoms with Crippen molar-refractivity contribution in [2.75, 3.05) is 6.61 Å². The Hall–Kier alpha value is -3.24. The van der Waals surface area contributed by atoms with E-state index in [1.807, 2.05) is 33.0 Å². The molecule has 0 unspecified atom stereocenters. The molecule has 1 aromatic heterocycles. The van der Waals surface area contributed by atoms with Gasteiger partial charge in [-0.15, -0.1) is 0 Å². The molecule has 0 N–H and O–H groups in total. The van der Waals surface area contributed by atoms with Crippen molar-refractivity contribution in [3.8, 4) is 16.9 Å². The van der Waals surface area contributed by atoms with Crippen LogP contribution in [0, 0.1) is 13.8 Å². The van der Waals surface area contributed by atoms with Crippen LogP contribution in [-0.2, 0) is 16.0 Å². The number of pyridine rings is 1. The number of benzene rings is 3. The molecule has 1 aliphatic heterocycles. The van der Waals surface area contributed by atoms with E-state index >= 15 is 0 Å². The summed E-state index contributed by atoms with van der Waals surface area (Å²) in [5.74, 6) is 0.863. The van der Waals surface area contributed by atoms with Gasteiger partial charge in [0.15, 0.2) is 5.78 Å². The van der Waals surface area contributed by atoms with E-state index in [2.05, 4.69) is 50.2 Å². The molecule has 2 heterocycles. The average Bonchev–Trinajstić information content (AvgIpc) is 2.77. The van der Waals surface area contributed by atoms with Gasteiger partial charge in [-0.05, 0) is 92.8 Å². The van der Waals surface area contributed by atoms with Crippen molar-refractivity contribution in [2.45, 2.75) is 59.7 Å². The van der Waals surface area contributed by atoms with Gasteiger partial charge >= 0.3 is 0 Å². The van der Waals surface area contributed by atoms with E-state index in [1.165, 1.54) is 11.1 Å². The highest BCUT2D eigenvalue weighted by molar-refractivity contribution is 6.09. The fourth-order valence-corrected chi connectivity index (χ4v) is 5.10. The highest BCUT2D eigenvalue weighted by Crippen LogP contribution is 2.45. The van der Waals surface area contributed by atoms with Gasteiger partial charge in [-0.3, -0.25) is 9.78 Å². The van der Waals surface area contributed by atoms with Gasteiger partial charge in [-0.25, -0.2) is 0 Å². The lowest BCUT2D eigenvalue weighted by Crippen LogP contribution is -2.27. The Bertz CT molecular complexity index is 1440. The van der Waals surface area contributed by atoms with Gasteiger partial charge in [-0.1, -0.05) is 29.8 Å². The van der Waals surface area contributed by atoms with E-state index in [0.717, 1.165) is 56.1 Å². The minimum Gasteiger partial charge on any atom is -0.493 e. The molecule has 4 nitrogen and oxygen atoms in total. The summed E-state index contributed by atoms with van der Waals surface area (Å²) in [4.78, 5) is 17.9. The summed E-state index contributed by atoms with van der Waals surface area (Å²) < 4.78 is 12.4. The average molecular weight is 454 g/mol. The molecule has 5 rings (SSSR count). The molecule has 0 saturated carbocycles. The monoisotopic (exact) mass is 453 g/mol. The number of aryl methyl sites for hydroxylation is 2. The molecular formula is C30H31NO3. The first kappa shape index (κ1) is 22.5. The summed E-state index contributed by atoms with van der Waals surface area (Å²) in [5.41, 5.74) is 6.81. The Morgan fingerprint density at radius 1 is 1.09 bits per heavy atom. The van der Waals surface area contributed by atoms with Crippen LogP contribution in [0.4, 0.5) is 0 Å². The van der Waals surface area contributed by atoms with Crippen LogP contribution in [0.1, 0.15) is 56.1 Å². The number of carbonyl (C=O) groups is 1. The molecule has 0 radical (unpaired) electrons. The SMILES string of the molecule is CC(=O)[C@@H](OC(C)(C)C)c1c(C)cc2ccc(C)cc2c1-c1ccc2c3c(ccnc13)CCO2.